The van der Waals surface area contributed by atoms with Crippen molar-refractivity contribution < 1.29 is 4.74 Å². The highest BCUT2D eigenvalue weighted by Crippen LogP contribution is 2.26. The van der Waals surface area contributed by atoms with Crippen molar-refractivity contribution in [2.45, 2.75) is 39.5 Å². The van der Waals surface area contributed by atoms with Crippen molar-refractivity contribution in [3.63, 3.8) is 0 Å². The lowest BCUT2D eigenvalue weighted by molar-refractivity contribution is 0.305. The van der Waals surface area contributed by atoms with E-state index in [1.165, 1.54) is 23.8 Å². The fraction of sp³-hybridized carbons (Fsp3) is 0.250. The highest BCUT2D eigenvalue weighted by atomic mass is 32.1. The topological polar surface area (TPSA) is 91.4 Å². The van der Waals surface area contributed by atoms with E-state index in [9.17, 15) is 9.59 Å². The second-order valence-corrected chi connectivity index (χ2v) is 9.77. The molecule has 0 aliphatic rings. The van der Waals surface area contributed by atoms with Crippen molar-refractivity contribution in [3.05, 3.63) is 97.3 Å². The van der Waals surface area contributed by atoms with Crippen LogP contribution in [0.4, 0.5) is 0 Å². The maximum atomic E-state index is 13.0. The van der Waals surface area contributed by atoms with Crippen LogP contribution in [-0.4, -0.2) is 31.0 Å². The standard InChI is InChI=1S/C28H27N5O3S/c1-3-4-5-9-16-36-23-14-12-20(13-15-23)25-21(18-32(31-25)22-10-7-6-8-11-22)17-24-27(35)33-28(37-24)29-26(34)19(2)30-33/h6-8,10-15,17-18H,3-5,9,16H2,1-2H3. The maximum absolute atomic E-state index is 13.0. The van der Waals surface area contributed by atoms with Gasteiger partial charge in [-0.05, 0) is 55.8 Å². The molecule has 37 heavy (non-hydrogen) atoms. The highest BCUT2D eigenvalue weighted by molar-refractivity contribution is 7.15. The quantitative estimate of drug-likeness (QED) is 0.275. The van der Waals surface area contributed by atoms with Crippen LogP contribution < -0.4 is 20.4 Å². The van der Waals surface area contributed by atoms with Gasteiger partial charge in [-0.2, -0.15) is 19.7 Å². The third-order valence-electron chi connectivity index (χ3n) is 5.99. The molecule has 0 saturated carbocycles. The summed E-state index contributed by atoms with van der Waals surface area (Å²) >= 11 is 1.13. The van der Waals surface area contributed by atoms with Crippen LogP contribution in [-0.2, 0) is 0 Å². The van der Waals surface area contributed by atoms with Gasteiger partial charge in [-0.1, -0.05) is 55.7 Å². The molecule has 3 heterocycles. The van der Waals surface area contributed by atoms with E-state index in [1.54, 1.807) is 17.7 Å². The van der Waals surface area contributed by atoms with E-state index in [1.807, 2.05) is 60.8 Å². The first-order valence-corrected chi connectivity index (χ1v) is 13.2. The first kappa shape index (κ1) is 24.6. The number of nitrogens with zero attached hydrogens (tertiary/aromatic N) is 5. The number of aryl methyl sites for hydroxylation is 1. The van der Waals surface area contributed by atoms with Gasteiger partial charge in [0.05, 0.1) is 16.8 Å². The number of hydrogen-bond donors (Lipinski definition) is 0. The van der Waals surface area contributed by atoms with Gasteiger partial charge in [-0.3, -0.25) is 9.59 Å². The minimum absolute atomic E-state index is 0.184. The SMILES string of the molecule is CCCCCCOc1ccc(-c2nn(-c3ccccc3)cc2C=c2sc3nc(=O)c(C)nn3c2=O)cc1. The van der Waals surface area contributed by atoms with Crippen LogP contribution in [0, 0.1) is 6.92 Å². The lowest BCUT2D eigenvalue weighted by Gasteiger charge is -2.07. The smallest absolute Gasteiger partial charge is 0.295 e. The van der Waals surface area contributed by atoms with Crippen LogP contribution in [0.3, 0.4) is 0 Å². The van der Waals surface area contributed by atoms with Gasteiger partial charge in [-0.15, -0.1) is 0 Å². The fourth-order valence-corrected chi connectivity index (χ4v) is 4.88. The molecule has 0 amide bonds. The van der Waals surface area contributed by atoms with Gasteiger partial charge < -0.3 is 4.74 Å². The molecule has 0 saturated heterocycles. The molecule has 0 N–H and O–H groups in total. The Morgan fingerprint density at radius 2 is 1.76 bits per heavy atom. The predicted octanol–water partition coefficient (Wildman–Crippen LogP) is 4.18. The maximum Gasteiger partial charge on any atom is 0.295 e. The van der Waals surface area contributed by atoms with Crippen molar-refractivity contribution in [1.82, 2.24) is 24.4 Å². The average Bonchev–Trinajstić information content (AvgIpc) is 3.46. The van der Waals surface area contributed by atoms with Crippen LogP contribution in [0.5, 0.6) is 5.75 Å². The summed E-state index contributed by atoms with van der Waals surface area (Å²) in [5.41, 5.74) is 2.72. The average molecular weight is 514 g/mol. The van der Waals surface area contributed by atoms with E-state index < -0.39 is 5.56 Å². The molecule has 5 aromatic rings. The van der Waals surface area contributed by atoms with Crippen LogP contribution in [0.2, 0.25) is 0 Å². The Morgan fingerprint density at radius 1 is 0.973 bits per heavy atom. The Morgan fingerprint density at radius 3 is 2.51 bits per heavy atom. The number of hydrogen-bond acceptors (Lipinski definition) is 7. The minimum atomic E-state index is -0.432. The molecule has 0 unspecified atom stereocenters. The van der Waals surface area contributed by atoms with Crippen LogP contribution in [0.1, 0.15) is 43.9 Å². The fourth-order valence-electron chi connectivity index (χ4n) is 3.99. The number of aromatic nitrogens is 5. The van der Waals surface area contributed by atoms with Gasteiger partial charge in [0.2, 0.25) is 4.96 Å². The summed E-state index contributed by atoms with van der Waals surface area (Å²) in [6, 6.07) is 17.6. The molecule has 8 nitrogen and oxygen atoms in total. The number of thiazole rings is 1. The van der Waals surface area contributed by atoms with Crippen LogP contribution in [0.15, 0.2) is 70.4 Å². The van der Waals surface area contributed by atoms with E-state index in [-0.39, 0.29) is 16.2 Å². The van der Waals surface area contributed by atoms with Gasteiger partial charge in [0, 0.05) is 17.3 Å². The molecule has 188 valence electrons. The molecule has 2 aromatic carbocycles. The van der Waals surface area contributed by atoms with Crippen molar-refractivity contribution >= 4 is 22.4 Å². The molecule has 9 heteroatoms. The van der Waals surface area contributed by atoms with Crippen molar-refractivity contribution in [2.24, 2.45) is 0 Å². The summed E-state index contributed by atoms with van der Waals surface area (Å²) in [6.07, 6.45) is 8.30. The van der Waals surface area contributed by atoms with E-state index >= 15 is 0 Å². The van der Waals surface area contributed by atoms with Crippen LogP contribution >= 0.6 is 11.3 Å². The summed E-state index contributed by atoms with van der Waals surface area (Å²) in [7, 11) is 0. The summed E-state index contributed by atoms with van der Waals surface area (Å²) in [5, 5.41) is 8.95. The number of benzene rings is 2. The molecule has 0 spiro atoms. The van der Waals surface area contributed by atoms with Gasteiger partial charge in [-0.25, -0.2) is 4.68 Å². The van der Waals surface area contributed by atoms with E-state index in [4.69, 9.17) is 9.84 Å². The lowest BCUT2D eigenvalue weighted by Crippen LogP contribution is -2.27. The summed E-state index contributed by atoms with van der Waals surface area (Å²) in [5.74, 6) is 0.817. The lowest BCUT2D eigenvalue weighted by atomic mass is 10.1. The minimum Gasteiger partial charge on any atom is -0.494 e. The van der Waals surface area contributed by atoms with Crippen molar-refractivity contribution in [1.29, 1.82) is 0 Å². The molecule has 3 aromatic heterocycles. The monoisotopic (exact) mass is 513 g/mol. The number of rotatable bonds is 9. The Kier molecular flexibility index (Phi) is 7.23. The van der Waals surface area contributed by atoms with E-state index in [0.29, 0.717) is 11.1 Å². The molecular formula is C28H27N5O3S. The Bertz CT molecular complexity index is 1690. The predicted molar refractivity (Wildman–Crippen MR) is 146 cm³/mol. The summed E-state index contributed by atoms with van der Waals surface area (Å²) in [4.78, 5) is 29.2. The van der Waals surface area contributed by atoms with Crippen molar-refractivity contribution in [3.8, 4) is 22.7 Å². The molecule has 0 fully saturated rings. The normalized spacial score (nSPS) is 11.9. The number of ether oxygens (including phenoxy) is 1. The molecule has 0 aliphatic carbocycles. The van der Waals surface area contributed by atoms with E-state index in [0.717, 1.165) is 46.0 Å². The van der Waals surface area contributed by atoms with Gasteiger partial charge in [0.15, 0.2) is 0 Å². The molecule has 5 rings (SSSR count). The molecule has 0 bridgehead atoms. The zero-order valence-electron chi connectivity index (χ0n) is 20.8. The largest absolute Gasteiger partial charge is 0.494 e. The van der Waals surface area contributed by atoms with Crippen LogP contribution in [0.25, 0.3) is 28.0 Å². The van der Waals surface area contributed by atoms with Gasteiger partial charge in [0.1, 0.15) is 17.1 Å². The molecule has 0 radical (unpaired) electrons. The van der Waals surface area contributed by atoms with Gasteiger partial charge in [0.25, 0.3) is 11.1 Å². The highest BCUT2D eigenvalue weighted by Gasteiger charge is 2.14. The zero-order valence-corrected chi connectivity index (χ0v) is 21.6. The first-order chi connectivity index (χ1) is 18.0. The Balaban J connectivity index is 1.54. The Labute approximate surface area is 217 Å². The number of fused-ring (bicyclic) bond motifs is 1. The van der Waals surface area contributed by atoms with Crippen molar-refractivity contribution in [2.75, 3.05) is 6.61 Å². The third kappa shape index (κ3) is 5.36. The molecule has 0 aliphatic heterocycles. The number of unbranched alkanes of at least 4 members (excludes halogenated alkanes) is 3. The Hall–Kier alpha value is -4.11. The van der Waals surface area contributed by atoms with Gasteiger partial charge >= 0.3 is 0 Å². The second kappa shape index (κ2) is 10.9. The summed E-state index contributed by atoms with van der Waals surface area (Å²) < 4.78 is 9.29. The zero-order chi connectivity index (χ0) is 25.8. The third-order valence-corrected chi connectivity index (χ3v) is 6.95. The second-order valence-electron chi connectivity index (χ2n) is 8.76. The van der Waals surface area contributed by atoms with E-state index in [2.05, 4.69) is 17.0 Å². The first-order valence-electron chi connectivity index (χ1n) is 12.3. The molecule has 0 atom stereocenters. The number of para-hydroxylation sites is 1. The summed E-state index contributed by atoms with van der Waals surface area (Å²) in [6.45, 7) is 4.44. The molecular weight excluding hydrogens is 486 g/mol.